The van der Waals surface area contributed by atoms with Crippen molar-refractivity contribution in [1.29, 1.82) is 0 Å². The van der Waals surface area contributed by atoms with Crippen molar-refractivity contribution in [1.82, 2.24) is 0 Å². The van der Waals surface area contributed by atoms with Gasteiger partial charge < -0.3 is 4.74 Å². The van der Waals surface area contributed by atoms with E-state index in [-0.39, 0.29) is 17.5 Å². The van der Waals surface area contributed by atoms with E-state index in [1.807, 2.05) is 38.1 Å². The first-order valence-corrected chi connectivity index (χ1v) is 6.39. The van der Waals surface area contributed by atoms with Gasteiger partial charge in [0, 0.05) is 11.8 Å². The molecule has 2 atom stereocenters. The highest BCUT2D eigenvalue weighted by molar-refractivity contribution is 5.82. The Morgan fingerprint density at radius 1 is 1.33 bits per heavy atom. The molecule has 96 valence electrons. The molecule has 1 fully saturated rings. The minimum absolute atomic E-state index is 0.0307. The highest BCUT2D eigenvalue weighted by Gasteiger charge is 2.71. The molecule has 1 aliphatic carbocycles. The Balaban J connectivity index is 2.02. The van der Waals surface area contributed by atoms with E-state index >= 15 is 0 Å². The van der Waals surface area contributed by atoms with Gasteiger partial charge in [-0.2, -0.15) is 0 Å². The minimum atomic E-state index is -0.550. The van der Waals surface area contributed by atoms with Gasteiger partial charge in [0.25, 0.3) is 0 Å². The first-order valence-electron chi connectivity index (χ1n) is 6.39. The van der Waals surface area contributed by atoms with E-state index in [0.29, 0.717) is 0 Å². The third kappa shape index (κ3) is 2.12. The van der Waals surface area contributed by atoms with E-state index in [4.69, 9.17) is 4.74 Å². The summed E-state index contributed by atoms with van der Waals surface area (Å²) in [5.41, 5.74) is 1.65. The van der Waals surface area contributed by atoms with Gasteiger partial charge in [-0.05, 0) is 19.4 Å². The molecule has 0 aromatic heterocycles. The van der Waals surface area contributed by atoms with Gasteiger partial charge in [0.2, 0.25) is 5.41 Å². The van der Waals surface area contributed by atoms with E-state index in [1.54, 1.807) is 0 Å². The zero-order valence-electron chi connectivity index (χ0n) is 11.6. The summed E-state index contributed by atoms with van der Waals surface area (Å²) in [4.78, 5) is 12.1. The zero-order valence-corrected chi connectivity index (χ0v) is 11.6. The molecular formula is C16H21O2+. The largest absolute Gasteiger partial charge is 0.454 e. The quantitative estimate of drug-likeness (QED) is 0.597. The van der Waals surface area contributed by atoms with Crippen molar-refractivity contribution in [3.05, 3.63) is 42.3 Å². The van der Waals surface area contributed by atoms with Crippen LogP contribution in [0.1, 0.15) is 44.4 Å². The predicted molar refractivity (Wildman–Crippen MR) is 71.9 cm³/mol. The lowest BCUT2D eigenvalue weighted by Crippen LogP contribution is -2.22. The van der Waals surface area contributed by atoms with Crippen LogP contribution in [-0.4, -0.2) is 5.97 Å². The van der Waals surface area contributed by atoms with Crippen LogP contribution in [0.3, 0.4) is 0 Å². The van der Waals surface area contributed by atoms with Gasteiger partial charge in [0.05, 0.1) is 6.92 Å². The van der Waals surface area contributed by atoms with Crippen molar-refractivity contribution in [2.24, 2.45) is 10.8 Å². The molecule has 0 saturated heterocycles. The minimum Gasteiger partial charge on any atom is -0.454 e. The molecule has 1 aromatic carbocycles. The van der Waals surface area contributed by atoms with E-state index in [9.17, 15) is 4.79 Å². The molecule has 2 unspecified atom stereocenters. The number of esters is 1. The molecule has 1 saturated carbocycles. The second-order valence-corrected chi connectivity index (χ2v) is 6.10. The lowest BCUT2D eigenvalue weighted by Gasteiger charge is -2.16. The van der Waals surface area contributed by atoms with Crippen LogP contribution >= 0.6 is 0 Å². The molecule has 1 aliphatic rings. The van der Waals surface area contributed by atoms with Crippen LogP contribution in [0.25, 0.3) is 0 Å². The molecule has 0 N–H and O–H groups in total. The molecule has 0 spiro atoms. The lowest BCUT2D eigenvalue weighted by atomic mass is 9.98. The molecule has 0 amide bonds. The standard InChI is InChI=1S/C16H21O2/c1-11-6-8-13(9-7-11)12(2)18-14(17)16(5)10-15(16,3)4/h6-9,12H,5,10H2,1-4H3/q+1. The summed E-state index contributed by atoms with van der Waals surface area (Å²) in [6, 6.07) is 8.06. The van der Waals surface area contributed by atoms with Gasteiger partial charge in [0.15, 0.2) is 0 Å². The highest BCUT2D eigenvalue weighted by Crippen LogP contribution is 2.63. The normalized spacial score (nSPS) is 26.4. The maximum Gasteiger partial charge on any atom is 0.358 e. The van der Waals surface area contributed by atoms with Crippen LogP contribution in [0.4, 0.5) is 0 Å². The number of carbonyl (C=O) groups excluding carboxylic acids is 1. The smallest absolute Gasteiger partial charge is 0.358 e. The SMILES string of the molecule is [CH2+]C1(C(=O)OC(C)c2ccc(C)cc2)CC1(C)C. The Morgan fingerprint density at radius 3 is 2.28 bits per heavy atom. The summed E-state index contributed by atoms with van der Waals surface area (Å²) >= 11 is 0. The fourth-order valence-corrected chi connectivity index (χ4v) is 2.24. The summed E-state index contributed by atoms with van der Waals surface area (Å²) in [7, 11) is 0. The van der Waals surface area contributed by atoms with Crippen molar-refractivity contribution in [3.63, 3.8) is 0 Å². The van der Waals surface area contributed by atoms with Crippen LogP contribution in [-0.2, 0) is 9.53 Å². The topological polar surface area (TPSA) is 26.3 Å². The number of rotatable bonds is 3. The number of hydrogen-bond donors (Lipinski definition) is 0. The van der Waals surface area contributed by atoms with E-state index in [0.717, 1.165) is 12.0 Å². The van der Waals surface area contributed by atoms with Crippen molar-refractivity contribution in [3.8, 4) is 0 Å². The van der Waals surface area contributed by atoms with Crippen molar-refractivity contribution < 1.29 is 9.53 Å². The molecule has 0 heterocycles. The van der Waals surface area contributed by atoms with Gasteiger partial charge in [-0.3, -0.25) is 0 Å². The fourth-order valence-electron chi connectivity index (χ4n) is 2.24. The van der Waals surface area contributed by atoms with Crippen LogP contribution < -0.4 is 0 Å². The van der Waals surface area contributed by atoms with Crippen molar-refractivity contribution in [2.45, 2.75) is 40.2 Å². The van der Waals surface area contributed by atoms with Gasteiger partial charge in [-0.1, -0.05) is 43.7 Å². The van der Waals surface area contributed by atoms with Crippen molar-refractivity contribution >= 4 is 5.97 Å². The van der Waals surface area contributed by atoms with Crippen LogP contribution in [0.5, 0.6) is 0 Å². The average Bonchev–Trinajstić information content (AvgIpc) is 2.80. The van der Waals surface area contributed by atoms with Crippen molar-refractivity contribution in [2.75, 3.05) is 0 Å². The lowest BCUT2D eigenvalue weighted by molar-refractivity contribution is -0.154. The molecule has 2 nitrogen and oxygen atoms in total. The number of ether oxygens (including phenoxy) is 1. The number of hydrogen-bond acceptors (Lipinski definition) is 2. The van der Waals surface area contributed by atoms with E-state index in [2.05, 4.69) is 20.8 Å². The van der Waals surface area contributed by atoms with Crippen LogP contribution in [0.2, 0.25) is 0 Å². The average molecular weight is 245 g/mol. The monoisotopic (exact) mass is 245 g/mol. The Morgan fingerprint density at radius 2 is 1.83 bits per heavy atom. The summed E-state index contributed by atoms with van der Waals surface area (Å²) < 4.78 is 5.54. The molecule has 0 bridgehead atoms. The summed E-state index contributed by atoms with van der Waals surface area (Å²) in [5.74, 6) is -0.180. The van der Waals surface area contributed by atoms with E-state index in [1.165, 1.54) is 5.56 Å². The summed E-state index contributed by atoms with van der Waals surface area (Å²) in [6.45, 7) is 12.1. The van der Waals surface area contributed by atoms with Gasteiger partial charge in [-0.15, -0.1) is 0 Å². The first-order chi connectivity index (χ1) is 8.26. The molecule has 2 rings (SSSR count). The zero-order chi connectivity index (χ0) is 13.6. The fraction of sp³-hybridized carbons (Fsp3) is 0.500. The van der Waals surface area contributed by atoms with E-state index < -0.39 is 5.41 Å². The molecular weight excluding hydrogens is 224 g/mol. The first kappa shape index (κ1) is 13.0. The molecule has 0 aliphatic heterocycles. The Hall–Kier alpha value is -1.44. The maximum absolute atomic E-state index is 12.1. The molecule has 2 heteroatoms. The predicted octanol–water partition coefficient (Wildman–Crippen LogP) is 3.85. The van der Waals surface area contributed by atoms with Crippen LogP contribution in [0.15, 0.2) is 24.3 Å². The van der Waals surface area contributed by atoms with Gasteiger partial charge in [0.1, 0.15) is 6.10 Å². The Labute approximate surface area is 109 Å². The summed E-state index contributed by atoms with van der Waals surface area (Å²) in [5, 5.41) is 0. The van der Waals surface area contributed by atoms with Gasteiger partial charge in [-0.25, -0.2) is 4.79 Å². The second kappa shape index (κ2) is 4.04. The third-order valence-electron chi connectivity index (χ3n) is 4.14. The number of aryl methyl sites for hydroxylation is 1. The van der Waals surface area contributed by atoms with Crippen LogP contribution in [0, 0.1) is 24.7 Å². The Kier molecular flexibility index (Phi) is 2.92. The molecule has 1 aromatic rings. The maximum atomic E-state index is 12.1. The third-order valence-corrected chi connectivity index (χ3v) is 4.14. The molecule has 18 heavy (non-hydrogen) atoms. The number of carbonyl (C=O) groups is 1. The number of benzene rings is 1. The summed E-state index contributed by atoms with van der Waals surface area (Å²) in [6.07, 6.45) is 0.590. The second-order valence-electron chi connectivity index (χ2n) is 6.10. The Bertz CT molecular complexity index is 458. The van der Waals surface area contributed by atoms with Gasteiger partial charge >= 0.3 is 5.97 Å². The molecule has 0 radical (unpaired) electrons. The highest BCUT2D eigenvalue weighted by atomic mass is 16.5.